The summed E-state index contributed by atoms with van der Waals surface area (Å²) in [6, 6.07) is 70.2. The quantitative estimate of drug-likeness (QED) is 0.167. The molecule has 0 atom stereocenters. The van der Waals surface area contributed by atoms with Crippen LogP contribution in [-0.4, -0.2) is 29.5 Å². The van der Waals surface area contributed by atoms with Gasteiger partial charge in [0.25, 0.3) is 0 Å². The lowest BCUT2D eigenvalue weighted by molar-refractivity contribution is 0.590. The summed E-state index contributed by atoms with van der Waals surface area (Å²) in [4.78, 5) is 0. The third-order valence-electron chi connectivity index (χ3n) is 14.0. The molecule has 6 nitrogen and oxygen atoms in total. The first-order valence-corrected chi connectivity index (χ1v) is 23.2. The molecule has 0 bridgehead atoms. The van der Waals surface area contributed by atoms with Crippen LogP contribution in [0.2, 0.25) is 0 Å². The summed E-state index contributed by atoms with van der Waals surface area (Å²) in [5, 5.41) is 19.9. The second-order valence-electron chi connectivity index (χ2n) is 20.1. The Morgan fingerprint density at radius 2 is 0.627 bits per heavy atom. The van der Waals surface area contributed by atoms with Crippen LogP contribution < -0.4 is 0 Å². The van der Waals surface area contributed by atoms with Crippen molar-refractivity contribution in [2.24, 2.45) is 0 Å². The molecular weight excluding hydrogens is 817 g/mol. The molecule has 0 saturated carbocycles. The van der Waals surface area contributed by atoms with Crippen molar-refractivity contribution in [1.82, 2.24) is 29.5 Å². The molecule has 12 rings (SSSR count). The minimum absolute atomic E-state index is 0.0362. The zero-order chi connectivity index (χ0) is 45.7. The Morgan fingerprint density at radius 1 is 0.313 bits per heavy atom. The molecule has 0 aliphatic heterocycles. The fraction of sp³-hybridized carbons (Fsp3) is 0.148. The van der Waals surface area contributed by atoms with Gasteiger partial charge < -0.3 is 0 Å². The maximum absolute atomic E-state index is 5.02. The van der Waals surface area contributed by atoms with E-state index < -0.39 is 5.41 Å². The number of hydrogen-bond acceptors (Lipinski definition) is 4. The SMILES string of the molecule is CC(C)(C)c1ccc(-c2nnc(-c3ccc4c(c3)C3(c5ccccc5-4)c4ccccc4-c4ccc(-c5nnc(-c6ccc(C(C)(C)C)cc6)n5-c5ccccc5)cc43)n2-c2ccccc2)cc1. The van der Waals surface area contributed by atoms with Crippen molar-refractivity contribution < 1.29 is 0 Å². The molecule has 0 radical (unpaired) electrons. The van der Waals surface area contributed by atoms with Crippen molar-refractivity contribution in [3.8, 4) is 79.2 Å². The van der Waals surface area contributed by atoms with Crippen molar-refractivity contribution in [3.05, 3.63) is 228 Å². The van der Waals surface area contributed by atoms with E-state index in [1.807, 2.05) is 0 Å². The van der Waals surface area contributed by atoms with Crippen LogP contribution in [0.25, 0.3) is 79.2 Å². The molecule has 10 aromatic rings. The number of benzene rings is 8. The van der Waals surface area contributed by atoms with Crippen LogP contribution in [-0.2, 0) is 16.2 Å². The van der Waals surface area contributed by atoms with Gasteiger partial charge in [-0.15, -0.1) is 20.4 Å². The van der Waals surface area contributed by atoms with Crippen molar-refractivity contribution >= 4 is 0 Å². The monoisotopic (exact) mass is 866 g/mol. The van der Waals surface area contributed by atoms with Crippen molar-refractivity contribution in [1.29, 1.82) is 0 Å². The zero-order valence-electron chi connectivity index (χ0n) is 38.7. The second kappa shape index (κ2) is 15.0. The van der Waals surface area contributed by atoms with E-state index in [4.69, 9.17) is 20.4 Å². The topological polar surface area (TPSA) is 61.4 Å². The predicted octanol–water partition coefficient (Wildman–Crippen LogP) is 14.5. The Kier molecular flexibility index (Phi) is 9.10. The maximum Gasteiger partial charge on any atom is 0.168 e. The molecule has 0 saturated heterocycles. The Labute approximate surface area is 392 Å². The van der Waals surface area contributed by atoms with Gasteiger partial charge in [0.2, 0.25) is 0 Å². The van der Waals surface area contributed by atoms with Gasteiger partial charge in [-0.05, 0) is 103 Å². The molecule has 2 aliphatic rings. The van der Waals surface area contributed by atoms with E-state index >= 15 is 0 Å². The molecule has 2 heterocycles. The molecule has 67 heavy (non-hydrogen) atoms. The van der Waals surface area contributed by atoms with E-state index in [0.717, 1.165) is 56.9 Å². The summed E-state index contributed by atoms with van der Waals surface area (Å²) in [7, 11) is 0. The lowest BCUT2D eigenvalue weighted by atomic mass is 9.70. The Morgan fingerprint density at radius 3 is 1.00 bits per heavy atom. The molecule has 6 heteroatoms. The number of nitrogens with zero attached hydrogens (tertiary/aromatic N) is 6. The summed E-state index contributed by atoms with van der Waals surface area (Å²) >= 11 is 0. The van der Waals surface area contributed by atoms with E-state index in [0.29, 0.717) is 0 Å². The first-order valence-electron chi connectivity index (χ1n) is 23.2. The Hall–Kier alpha value is -7.96. The van der Waals surface area contributed by atoms with Gasteiger partial charge in [0, 0.05) is 33.6 Å². The summed E-state index contributed by atoms with van der Waals surface area (Å²) in [5.74, 6) is 3.17. The van der Waals surface area contributed by atoms with Crippen LogP contribution in [0.3, 0.4) is 0 Å². The number of para-hydroxylation sites is 2. The highest BCUT2D eigenvalue weighted by molar-refractivity contribution is 5.96. The predicted molar refractivity (Wildman–Crippen MR) is 272 cm³/mol. The Balaban J connectivity index is 1.07. The highest BCUT2D eigenvalue weighted by Gasteiger charge is 2.52. The normalized spacial score (nSPS) is 13.3. The molecule has 8 aromatic carbocycles. The average Bonchev–Trinajstić information content (AvgIpc) is 4.13. The zero-order valence-corrected chi connectivity index (χ0v) is 38.7. The number of hydrogen-bond donors (Lipinski definition) is 0. The fourth-order valence-electron chi connectivity index (χ4n) is 10.6. The third kappa shape index (κ3) is 6.30. The highest BCUT2D eigenvalue weighted by atomic mass is 15.3. The second-order valence-corrected chi connectivity index (χ2v) is 20.1. The van der Waals surface area contributed by atoms with Gasteiger partial charge in [-0.2, -0.15) is 0 Å². The van der Waals surface area contributed by atoms with Crippen LogP contribution in [0, 0.1) is 0 Å². The summed E-state index contributed by atoms with van der Waals surface area (Å²) in [6.07, 6.45) is 0. The first-order chi connectivity index (χ1) is 32.5. The maximum atomic E-state index is 5.02. The molecule has 0 unspecified atom stereocenters. The average molecular weight is 867 g/mol. The van der Waals surface area contributed by atoms with Crippen LogP contribution in [0.1, 0.15) is 74.9 Å². The van der Waals surface area contributed by atoms with Crippen LogP contribution >= 0.6 is 0 Å². The fourth-order valence-corrected chi connectivity index (χ4v) is 10.6. The van der Waals surface area contributed by atoms with Gasteiger partial charge >= 0.3 is 0 Å². The van der Waals surface area contributed by atoms with Crippen LogP contribution in [0.15, 0.2) is 194 Å². The van der Waals surface area contributed by atoms with Crippen molar-refractivity contribution in [2.75, 3.05) is 0 Å². The highest BCUT2D eigenvalue weighted by Crippen LogP contribution is 2.63. The number of fused-ring (bicyclic) bond motifs is 10. The molecular formula is C61H50N6. The Bertz CT molecular complexity index is 3270. The van der Waals surface area contributed by atoms with Gasteiger partial charge in [-0.1, -0.05) is 199 Å². The molecule has 324 valence electrons. The van der Waals surface area contributed by atoms with E-state index in [2.05, 4.69) is 245 Å². The minimum atomic E-state index is -0.629. The van der Waals surface area contributed by atoms with Gasteiger partial charge in [0.1, 0.15) is 0 Å². The smallest absolute Gasteiger partial charge is 0.168 e. The molecule has 0 fully saturated rings. The standard InChI is InChI=1S/C61H50N6/c1-59(2,3)43-31-25-39(26-32-43)55-62-64-57(66(55)45-17-9-7-10-18-45)41-29-35-49-47-21-13-15-23-51(47)61(53(49)37-41)52-24-16-14-22-48(52)50-36-30-42(38-54(50)61)58-65-63-56(67(58)46-19-11-8-12-20-46)40-27-33-44(34-28-40)60(4,5)6/h7-38H,1-6H3. The molecule has 0 amide bonds. The molecule has 0 N–H and O–H groups in total. The van der Waals surface area contributed by atoms with Gasteiger partial charge in [-0.3, -0.25) is 9.13 Å². The van der Waals surface area contributed by atoms with E-state index in [-0.39, 0.29) is 10.8 Å². The lowest BCUT2D eigenvalue weighted by Crippen LogP contribution is -2.26. The van der Waals surface area contributed by atoms with Gasteiger partial charge in [0.15, 0.2) is 23.3 Å². The molecule has 2 aromatic heterocycles. The van der Waals surface area contributed by atoms with Crippen molar-refractivity contribution in [2.45, 2.75) is 57.8 Å². The molecule has 2 aliphatic carbocycles. The number of aromatic nitrogens is 6. The third-order valence-corrected chi connectivity index (χ3v) is 14.0. The van der Waals surface area contributed by atoms with E-state index in [9.17, 15) is 0 Å². The van der Waals surface area contributed by atoms with Crippen LogP contribution in [0.5, 0.6) is 0 Å². The first kappa shape index (κ1) is 40.5. The largest absolute Gasteiger partial charge is 0.275 e. The van der Waals surface area contributed by atoms with E-state index in [1.165, 1.54) is 55.6 Å². The number of rotatable bonds is 6. The lowest BCUT2D eigenvalue weighted by Gasteiger charge is -2.31. The molecule has 1 spiro atoms. The van der Waals surface area contributed by atoms with E-state index in [1.54, 1.807) is 0 Å². The van der Waals surface area contributed by atoms with Crippen LogP contribution in [0.4, 0.5) is 0 Å². The van der Waals surface area contributed by atoms with Gasteiger partial charge in [0.05, 0.1) is 5.41 Å². The minimum Gasteiger partial charge on any atom is -0.275 e. The summed E-state index contributed by atoms with van der Waals surface area (Å²) in [5.41, 5.74) is 17.9. The van der Waals surface area contributed by atoms with Gasteiger partial charge in [-0.25, -0.2) is 0 Å². The summed E-state index contributed by atoms with van der Waals surface area (Å²) in [6.45, 7) is 13.5. The van der Waals surface area contributed by atoms with Crippen molar-refractivity contribution in [3.63, 3.8) is 0 Å². The summed E-state index contributed by atoms with van der Waals surface area (Å²) < 4.78 is 4.42.